The van der Waals surface area contributed by atoms with Gasteiger partial charge in [-0.3, -0.25) is 9.97 Å². The zero-order chi connectivity index (χ0) is 22.4. The molecule has 0 amide bonds. The van der Waals surface area contributed by atoms with Crippen molar-refractivity contribution in [3.63, 3.8) is 0 Å². The third-order valence-corrected chi connectivity index (χ3v) is 6.75. The average molecular weight is 445 g/mol. The number of benzene rings is 1. The van der Waals surface area contributed by atoms with Gasteiger partial charge in [0.05, 0.1) is 17.1 Å². The number of pyridine rings is 2. The summed E-state index contributed by atoms with van der Waals surface area (Å²) in [6, 6.07) is 17.1. The summed E-state index contributed by atoms with van der Waals surface area (Å²) in [5.41, 5.74) is 3.75. The molecule has 0 N–H and O–H groups in total. The third-order valence-electron chi connectivity index (χ3n) is 5.05. The van der Waals surface area contributed by atoms with Gasteiger partial charge in [-0.05, 0) is 29.8 Å². The van der Waals surface area contributed by atoms with Crippen LogP contribution in [-0.2, 0) is 11.2 Å². The molecule has 7 heteroatoms. The second kappa shape index (κ2) is 9.97. The van der Waals surface area contributed by atoms with Gasteiger partial charge in [0.1, 0.15) is 0 Å². The quantitative estimate of drug-likeness (QED) is 0.196. The number of nitrogens with zero attached hydrogens (tertiary/aromatic N) is 4. The highest BCUT2D eigenvalue weighted by Gasteiger charge is 2.14. The maximum absolute atomic E-state index is 6.00. The highest BCUT2D eigenvalue weighted by Crippen LogP contribution is 2.27. The van der Waals surface area contributed by atoms with Crippen molar-refractivity contribution in [3.8, 4) is 17.3 Å². The minimum absolute atomic E-state index is 0.155. The van der Waals surface area contributed by atoms with E-state index in [9.17, 15) is 0 Å². The second-order valence-electron chi connectivity index (χ2n) is 8.92. The van der Waals surface area contributed by atoms with Gasteiger partial charge in [0, 0.05) is 44.8 Å². The van der Waals surface area contributed by atoms with Gasteiger partial charge in [0.25, 0.3) is 0 Å². The Hall–Kier alpha value is -3.16. The Morgan fingerprint density at radius 1 is 0.938 bits per heavy atom. The normalized spacial score (nSPS) is 11.6. The lowest BCUT2D eigenvalue weighted by Crippen LogP contribution is -2.22. The molecule has 0 aliphatic heterocycles. The van der Waals surface area contributed by atoms with Gasteiger partial charge < -0.3 is 9.47 Å². The molecule has 0 saturated carbocycles. The first-order valence-electron chi connectivity index (χ1n) is 10.8. The van der Waals surface area contributed by atoms with Crippen molar-refractivity contribution in [1.29, 1.82) is 0 Å². The van der Waals surface area contributed by atoms with Crippen LogP contribution in [-0.4, -0.2) is 41.4 Å². The van der Waals surface area contributed by atoms with Gasteiger partial charge in [-0.2, -0.15) is 4.98 Å². The molecule has 3 heterocycles. The molecular weight excluding hydrogens is 416 g/mol. The highest BCUT2D eigenvalue weighted by molar-refractivity contribution is 6.76. The highest BCUT2D eigenvalue weighted by atomic mass is 28.3. The minimum atomic E-state index is -1.15. The Labute approximate surface area is 189 Å². The number of fused-ring (bicyclic) bond motifs is 1. The van der Waals surface area contributed by atoms with Crippen LogP contribution >= 0.6 is 0 Å². The van der Waals surface area contributed by atoms with Crippen LogP contribution in [0.3, 0.4) is 0 Å². The molecule has 3 aromatic heterocycles. The fourth-order valence-electron chi connectivity index (χ4n) is 3.22. The molecule has 0 atom stereocenters. The van der Waals surface area contributed by atoms with Crippen molar-refractivity contribution in [2.45, 2.75) is 32.1 Å². The Morgan fingerprint density at radius 3 is 2.47 bits per heavy atom. The summed E-state index contributed by atoms with van der Waals surface area (Å²) in [7, 11) is -1.15. The van der Waals surface area contributed by atoms with E-state index in [-0.39, 0.29) is 6.79 Å². The molecule has 0 unspecified atom stereocenters. The molecule has 4 rings (SSSR count). The summed E-state index contributed by atoms with van der Waals surface area (Å²) in [4.78, 5) is 18.1. The molecule has 0 aliphatic rings. The smallest absolute Gasteiger partial charge is 0.227 e. The molecule has 0 aliphatic carbocycles. The van der Waals surface area contributed by atoms with E-state index in [1.165, 1.54) is 5.56 Å². The van der Waals surface area contributed by atoms with E-state index in [4.69, 9.17) is 19.4 Å². The zero-order valence-corrected chi connectivity index (χ0v) is 19.8. The molecule has 164 valence electrons. The van der Waals surface area contributed by atoms with Crippen LogP contribution in [0, 0.1) is 0 Å². The van der Waals surface area contributed by atoms with Gasteiger partial charge in [-0.15, -0.1) is 0 Å². The van der Waals surface area contributed by atoms with E-state index in [2.05, 4.69) is 41.7 Å². The fourth-order valence-corrected chi connectivity index (χ4v) is 3.98. The number of hydrogen-bond donors (Lipinski definition) is 0. The van der Waals surface area contributed by atoms with E-state index in [1.54, 1.807) is 18.6 Å². The van der Waals surface area contributed by atoms with Gasteiger partial charge >= 0.3 is 0 Å². The third kappa shape index (κ3) is 5.96. The van der Waals surface area contributed by atoms with Crippen molar-refractivity contribution in [2.24, 2.45) is 0 Å². The first-order valence-corrected chi connectivity index (χ1v) is 14.5. The molecule has 1 aromatic carbocycles. The summed E-state index contributed by atoms with van der Waals surface area (Å²) in [6.45, 7) is 7.84. The molecule has 0 radical (unpaired) electrons. The molecule has 32 heavy (non-hydrogen) atoms. The largest absolute Gasteiger partial charge is 0.450 e. The summed E-state index contributed by atoms with van der Waals surface area (Å²) < 4.78 is 11.8. The monoisotopic (exact) mass is 444 g/mol. The second-order valence-corrected chi connectivity index (χ2v) is 14.5. The Bertz CT molecular complexity index is 1170. The first kappa shape index (κ1) is 22.0. The number of aromatic nitrogens is 4. The number of rotatable bonds is 9. The first-order chi connectivity index (χ1) is 15.5. The average Bonchev–Trinajstić information content (AvgIpc) is 2.79. The number of hydrogen-bond acceptors (Lipinski definition) is 6. The molecule has 0 spiro atoms. The standard InChI is InChI=1S/C25H28N4O2Si/c1-32(2,3)14-13-30-18-31-25-22-16-21(15-19-7-5-4-6-8-19)27-17-23(22)28-24(29-25)20-9-11-26-12-10-20/h4-12,16-17H,13-15,18H2,1-3H3. The lowest BCUT2D eigenvalue weighted by molar-refractivity contribution is 0.0203. The molecular formula is C25H28N4O2Si. The molecule has 4 aromatic rings. The van der Waals surface area contributed by atoms with E-state index in [0.29, 0.717) is 18.3 Å². The molecule has 0 bridgehead atoms. The van der Waals surface area contributed by atoms with Crippen LogP contribution in [0.5, 0.6) is 5.88 Å². The van der Waals surface area contributed by atoms with Gasteiger partial charge in [-0.25, -0.2) is 4.98 Å². The Kier molecular flexibility index (Phi) is 6.87. The summed E-state index contributed by atoms with van der Waals surface area (Å²) in [6.07, 6.45) is 5.97. The van der Waals surface area contributed by atoms with Crippen LogP contribution in [0.4, 0.5) is 0 Å². The van der Waals surface area contributed by atoms with Crippen LogP contribution in [0.25, 0.3) is 22.3 Å². The Balaban J connectivity index is 1.62. The Morgan fingerprint density at radius 2 is 1.72 bits per heavy atom. The summed E-state index contributed by atoms with van der Waals surface area (Å²) in [5.74, 6) is 1.08. The van der Waals surface area contributed by atoms with Crippen LogP contribution in [0.15, 0.2) is 67.1 Å². The lowest BCUT2D eigenvalue weighted by Gasteiger charge is -2.16. The van der Waals surface area contributed by atoms with Crippen molar-refractivity contribution in [1.82, 2.24) is 19.9 Å². The van der Waals surface area contributed by atoms with Gasteiger partial charge in [0.2, 0.25) is 5.88 Å². The van der Waals surface area contributed by atoms with E-state index in [1.807, 2.05) is 36.4 Å². The van der Waals surface area contributed by atoms with E-state index in [0.717, 1.165) is 34.6 Å². The maximum atomic E-state index is 6.00. The zero-order valence-electron chi connectivity index (χ0n) is 18.8. The lowest BCUT2D eigenvalue weighted by atomic mass is 10.1. The summed E-state index contributed by atoms with van der Waals surface area (Å²) in [5, 5.41) is 0.831. The maximum Gasteiger partial charge on any atom is 0.227 e. The molecule has 0 fully saturated rings. The van der Waals surface area contributed by atoms with Gasteiger partial charge in [-0.1, -0.05) is 50.0 Å². The molecule has 6 nitrogen and oxygen atoms in total. The van der Waals surface area contributed by atoms with Crippen molar-refractivity contribution < 1.29 is 9.47 Å². The topological polar surface area (TPSA) is 70.0 Å². The predicted octanol–water partition coefficient (Wildman–Crippen LogP) is 5.37. The van der Waals surface area contributed by atoms with Crippen molar-refractivity contribution in [3.05, 3.63) is 78.4 Å². The molecule has 0 saturated heterocycles. The van der Waals surface area contributed by atoms with Crippen LogP contribution in [0.2, 0.25) is 25.7 Å². The fraction of sp³-hybridized carbons (Fsp3) is 0.280. The van der Waals surface area contributed by atoms with Crippen LogP contribution in [0.1, 0.15) is 11.3 Å². The minimum Gasteiger partial charge on any atom is -0.450 e. The van der Waals surface area contributed by atoms with Gasteiger partial charge in [0.15, 0.2) is 12.6 Å². The van der Waals surface area contributed by atoms with Crippen LogP contribution < -0.4 is 4.74 Å². The van der Waals surface area contributed by atoms with Crippen molar-refractivity contribution in [2.75, 3.05) is 13.4 Å². The summed E-state index contributed by atoms with van der Waals surface area (Å²) >= 11 is 0. The predicted molar refractivity (Wildman–Crippen MR) is 129 cm³/mol. The van der Waals surface area contributed by atoms with E-state index < -0.39 is 8.07 Å². The van der Waals surface area contributed by atoms with E-state index >= 15 is 0 Å². The van der Waals surface area contributed by atoms with Crippen molar-refractivity contribution >= 4 is 19.0 Å². The number of ether oxygens (including phenoxy) is 2. The SMILES string of the molecule is C[Si](C)(C)CCOCOc1nc(-c2ccncc2)nc2cnc(Cc3ccccc3)cc12.